The van der Waals surface area contributed by atoms with Gasteiger partial charge in [-0.15, -0.1) is 0 Å². The molecule has 0 amide bonds. The molecule has 0 saturated heterocycles. The molecule has 2 rings (SSSR count). The molecule has 80 valence electrons. The van der Waals surface area contributed by atoms with Gasteiger partial charge in [0.15, 0.2) is 0 Å². The van der Waals surface area contributed by atoms with E-state index in [4.69, 9.17) is 5.11 Å². The van der Waals surface area contributed by atoms with Crippen molar-refractivity contribution in [2.45, 2.75) is 0 Å². The van der Waals surface area contributed by atoms with Crippen LogP contribution in [0.2, 0.25) is 0 Å². The molecule has 0 unspecified atom stereocenters. The van der Waals surface area contributed by atoms with E-state index in [1.165, 1.54) is 18.5 Å². The number of aromatic nitrogens is 2. The lowest BCUT2D eigenvalue weighted by Crippen LogP contribution is -2.03. The van der Waals surface area contributed by atoms with Crippen LogP contribution in [0.5, 0.6) is 0 Å². The number of carbonyl (C=O) groups is 1. The second-order valence-electron chi connectivity index (χ2n) is 3.09. The maximum atomic E-state index is 10.9. The second kappa shape index (κ2) is 4.39. The molecular weight excluding hydrogens is 206 g/mol. The van der Waals surface area contributed by atoms with E-state index in [1.807, 2.05) is 0 Å². The normalized spacial score (nSPS) is 9.75. The summed E-state index contributed by atoms with van der Waals surface area (Å²) in [5, 5.41) is 11.9. The van der Waals surface area contributed by atoms with Crippen molar-refractivity contribution in [3.05, 3.63) is 48.5 Å². The number of carboxylic acid groups (broad SMARTS) is 1. The van der Waals surface area contributed by atoms with Gasteiger partial charge in [-0.3, -0.25) is 9.97 Å². The smallest absolute Gasteiger partial charge is 0.337 e. The van der Waals surface area contributed by atoms with E-state index >= 15 is 0 Å². The first kappa shape index (κ1) is 10.1. The van der Waals surface area contributed by atoms with Crippen LogP contribution in [0.15, 0.2) is 43.0 Å². The number of anilines is 2. The predicted molar refractivity (Wildman–Crippen MR) is 58.7 cm³/mol. The largest absolute Gasteiger partial charge is 0.478 e. The highest BCUT2D eigenvalue weighted by Crippen LogP contribution is 2.18. The number of aromatic carboxylic acids is 1. The number of hydrogen-bond acceptors (Lipinski definition) is 4. The number of carboxylic acids is 1. The first-order valence-electron chi connectivity index (χ1n) is 4.62. The molecule has 5 heteroatoms. The van der Waals surface area contributed by atoms with E-state index in [9.17, 15) is 4.79 Å². The van der Waals surface area contributed by atoms with Gasteiger partial charge in [0.05, 0.1) is 29.3 Å². The zero-order valence-corrected chi connectivity index (χ0v) is 8.29. The maximum absolute atomic E-state index is 10.9. The van der Waals surface area contributed by atoms with Gasteiger partial charge in [-0.2, -0.15) is 0 Å². The summed E-state index contributed by atoms with van der Waals surface area (Å²) in [7, 11) is 0. The number of pyridine rings is 2. The third-order valence-corrected chi connectivity index (χ3v) is 1.99. The summed E-state index contributed by atoms with van der Waals surface area (Å²) in [6.45, 7) is 0. The van der Waals surface area contributed by atoms with Crippen molar-refractivity contribution in [3.63, 3.8) is 0 Å². The van der Waals surface area contributed by atoms with E-state index in [2.05, 4.69) is 15.3 Å². The SMILES string of the molecule is O=C(O)c1ccncc1Nc1cccnc1. The highest BCUT2D eigenvalue weighted by atomic mass is 16.4. The van der Waals surface area contributed by atoms with Gasteiger partial charge in [0, 0.05) is 12.4 Å². The summed E-state index contributed by atoms with van der Waals surface area (Å²) in [5.41, 5.74) is 1.35. The van der Waals surface area contributed by atoms with Crippen LogP contribution in [0, 0.1) is 0 Å². The van der Waals surface area contributed by atoms with Gasteiger partial charge in [0.2, 0.25) is 0 Å². The van der Waals surface area contributed by atoms with Crippen LogP contribution in [0.1, 0.15) is 10.4 Å². The molecule has 0 fully saturated rings. The van der Waals surface area contributed by atoms with Crippen molar-refractivity contribution < 1.29 is 9.90 Å². The van der Waals surface area contributed by atoms with Crippen molar-refractivity contribution in [2.75, 3.05) is 5.32 Å². The molecule has 0 spiro atoms. The van der Waals surface area contributed by atoms with Crippen molar-refractivity contribution in [1.29, 1.82) is 0 Å². The lowest BCUT2D eigenvalue weighted by atomic mass is 10.2. The summed E-state index contributed by atoms with van der Waals surface area (Å²) in [6.07, 6.45) is 6.17. The van der Waals surface area contributed by atoms with E-state index in [0.29, 0.717) is 5.69 Å². The first-order chi connectivity index (χ1) is 7.77. The minimum Gasteiger partial charge on any atom is -0.478 e. The Morgan fingerprint density at radius 3 is 2.69 bits per heavy atom. The first-order valence-corrected chi connectivity index (χ1v) is 4.62. The van der Waals surface area contributed by atoms with E-state index in [1.54, 1.807) is 24.5 Å². The summed E-state index contributed by atoms with van der Waals surface area (Å²) in [4.78, 5) is 18.7. The minimum atomic E-state index is -0.992. The Morgan fingerprint density at radius 2 is 2.00 bits per heavy atom. The van der Waals surface area contributed by atoms with E-state index in [-0.39, 0.29) is 5.56 Å². The molecule has 2 N–H and O–H groups in total. The highest BCUT2D eigenvalue weighted by molar-refractivity contribution is 5.94. The zero-order chi connectivity index (χ0) is 11.4. The standard InChI is InChI=1S/C11H9N3O2/c15-11(16)9-3-5-13-7-10(9)14-8-2-1-4-12-6-8/h1-7,14H,(H,15,16). The molecule has 0 radical (unpaired) electrons. The predicted octanol–water partition coefficient (Wildman–Crippen LogP) is 1.92. The van der Waals surface area contributed by atoms with Crippen LogP contribution in [-0.4, -0.2) is 21.0 Å². The Balaban J connectivity index is 2.31. The lowest BCUT2D eigenvalue weighted by Gasteiger charge is -2.07. The molecule has 0 aliphatic carbocycles. The number of rotatable bonds is 3. The molecule has 2 heterocycles. The zero-order valence-electron chi connectivity index (χ0n) is 8.29. The summed E-state index contributed by atoms with van der Waals surface area (Å²) in [5.74, 6) is -0.992. The van der Waals surface area contributed by atoms with Crippen LogP contribution in [0.3, 0.4) is 0 Å². The molecule has 16 heavy (non-hydrogen) atoms. The van der Waals surface area contributed by atoms with Crippen molar-refractivity contribution in [1.82, 2.24) is 9.97 Å². The molecular formula is C11H9N3O2. The van der Waals surface area contributed by atoms with Gasteiger partial charge in [0.25, 0.3) is 0 Å². The van der Waals surface area contributed by atoms with Gasteiger partial charge in [-0.25, -0.2) is 4.79 Å². The molecule has 0 aliphatic rings. The quantitative estimate of drug-likeness (QED) is 0.818. The number of hydrogen-bond donors (Lipinski definition) is 2. The molecule has 5 nitrogen and oxygen atoms in total. The molecule has 0 atom stereocenters. The molecule has 0 bridgehead atoms. The van der Waals surface area contributed by atoms with Gasteiger partial charge in [-0.1, -0.05) is 0 Å². The Bertz CT molecular complexity index is 500. The third kappa shape index (κ3) is 2.14. The second-order valence-corrected chi connectivity index (χ2v) is 3.09. The Kier molecular flexibility index (Phi) is 2.77. The molecule has 0 aromatic carbocycles. The topological polar surface area (TPSA) is 75.1 Å². The highest BCUT2D eigenvalue weighted by Gasteiger charge is 2.09. The lowest BCUT2D eigenvalue weighted by molar-refractivity contribution is 0.0698. The van der Waals surface area contributed by atoms with Gasteiger partial charge in [0.1, 0.15) is 0 Å². The van der Waals surface area contributed by atoms with Crippen molar-refractivity contribution >= 4 is 17.3 Å². The minimum absolute atomic E-state index is 0.179. The summed E-state index contributed by atoms with van der Waals surface area (Å²) < 4.78 is 0. The summed E-state index contributed by atoms with van der Waals surface area (Å²) >= 11 is 0. The number of nitrogens with one attached hydrogen (secondary N) is 1. The summed E-state index contributed by atoms with van der Waals surface area (Å²) in [6, 6.07) is 5.01. The molecule has 2 aromatic rings. The van der Waals surface area contributed by atoms with Crippen LogP contribution in [0.4, 0.5) is 11.4 Å². The van der Waals surface area contributed by atoms with Crippen molar-refractivity contribution in [3.8, 4) is 0 Å². The van der Waals surface area contributed by atoms with Crippen LogP contribution >= 0.6 is 0 Å². The fourth-order valence-corrected chi connectivity index (χ4v) is 1.27. The Labute approximate surface area is 91.8 Å². The molecule has 2 aromatic heterocycles. The fraction of sp³-hybridized carbons (Fsp3) is 0. The van der Waals surface area contributed by atoms with Crippen LogP contribution < -0.4 is 5.32 Å². The van der Waals surface area contributed by atoms with E-state index < -0.39 is 5.97 Å². The number of nitrogens with zero attached hydrogens (tertiary/aromatic N) is 2. The maximum Gasteiger partial charge on any atom is 0.337 e. The van der Waals surface area contributed by atoms with Gasteiger partial charge < -0.3 is 10.4 Å². The van der Waals surface area contributed by atoms with Gasteiger partial charge >= 0.3 is 5.97 Å². The van der Waals surface area contributed by atoms with Crippen LogP contribution in [-0.2, 0) is 0 Å². The third-order valence-electron chi connectivity index (χ3n) is 1.99. The molecule has 0 saturated carbocycles. The van der Waals surface area contributed by atoms with E-state index in [0.717, 1.165) is 5.69 Å². The fourth-order valence-electron chi connectivity index (χ4n) is 1.27. The molecule has 0 aliphatic heterocycles. The van der Waals surface area contributed by atoms with Crippen LogP contribution in [0.25, 0.3) is 0 Å². The average Bonchev–Trinajstić information content (AvgIpc) is 2.31. The average molecular weight is 215 g/mol. The Hall–Kier alpha value is -2.43. The van der Waals surface area contributed by atoms with Crippen molar-refractivity contribution in [2.24, 2.45) is 0 Å². The van der Waals surface area contributed by atoms with Gasteiger partial charge in [-0.05, 0) is 18.2 Å². The Morgan fingerprint density at radius 1 is 1.19 bits per heavy atom. The monoisotopic (exact) mass is 215 g/mol.